The molecule has 0 aliphatic carbocycles. The molecule has 0 saturated carbocycles. The normalized spacial score (nSPS) is 20.6. The van der Waals surface area contributed by atoms with E-state index < -0.39 is 12.5 Å². The molecule has 1 fully saturated rings. The Morgan fingerprint density at radius 1 is 1.40 bits per heavy atom. The molecule has 5 heteroatoms. The Kier molecular flexibility index (Phi) is 5.31. The summed E-state index contributed by atoms with van der Waals surface area (Å²) >= 11 is 0. The maximum absolute atomic E-state index is 12.7. The summed E-state index contributed by atoms with van der Waals surface area (Å²) in [7, 11) is 0. The number of ether oxygens (including phenoxy) is 2. The van der Waals surface area contributed by atoms with Crippen molar-refractivity contribution >= 4 is 0 Å². The van der Waals surface area contributed by atoms with E-state index in [4.69, 9.17) is 9.47 Å². The van der Waals surface area contributed by atoms with Crippen LogP contribution in [0.1, 0.15) is 19.4 Å². The fourth-order valence-corrected chi connectivity index (χ4v) is 2.28. The summed E-state index contributed by atoms with van der Waals surface area (Å²) in [6, 6.07) is 7.79. The van der Waals surface area contributed by atoms with Gasteiger partial charge in [0.15, 0.2) is 0 Å². The average molecular weight is 285 g/mol. The Bertz CT molecular complexity index is 426. The van der Waals surface area contributed by atoms with Gasteiger partial charge in [-0.25, -0.2) is 8.78 Å². The van der Waals surface area contributed by atoms with Crippen LogP contribution >= 0.6 is 0 Å². The largest absolute Gasteiger partial charge is 0.491 e. The van der Waals surface area contributed by atoms with Crippen molar-refractivity contribution in [3.05, 3.63) is 29.8 Å². The lowest BCUT2D eigenvalue weighted by Gasteiger charge is -2.32. The Hall–Kier alpha value is -1.20. The number of alkyl halides is 2. The van der Waals surface area contributed by atoms with Crippen LogP contribution in [-0.4, -0.2) is 43.2 Å². The van der Waals surface area contributed by atoms with Crippen molar-refractivity contribution in [2.45, 2.75) is 39.0 Å². The molecule has 0 bridgehead atoms. The van der Waals surface area contributed by atoms with Gasteiger partial charge in [0.25, 0.3) is 6.43 Å². The smallest absolute Gasteiger partial charge is 0.265 e. The van der Waals surface area contributed by atoms with Crippen LogP contribution in [0.2, 0.25) is 0 Å². The van der Waals surface area contributed by atoms with E-state index in [2.05, 4.69) is 0 Å². The number of rotatable bonds is 5. The predicted octanol–water partition coefficient (Wildman–Crippen LogP) is 2.94. The molecule has 1 aliphatic rings. The van der Waals surface area contributed by atoms with E-state index in [1.807, 2.05) is 43.0 Å². The maximum Gasteiger partial charge on any atom is 0.265 e. The SMILES string of the molecule is CC(C)Oc1cccc(CN2CCOC(C(F)F)C2)c1. The van der Waals surface area contributed by atoms with Crippen molar-refractivity contribution in [1.29, 1.82) is 0 Å². The first-order chi connectivity index (χ1) is 9.54. The highest BCUT2D eigenvalue weighted by Gasteiger charge is 2.27. The van der Waals surface area contributed by atoms with Gasteiger partial charge in [0.2, 0.25) is 0 Å². The van der Waals surface area contributed by atoms with Gasteiger partial charge in [0.1, 0.15) is 11.9 Å². The Labute approximate surface area is 118 Å². The van der Waals surface area contributed by atoms with Crippen LogP contribution in [0.25, 0.3) is 0 Å². The highest BCUT2D eigenvalue weighted by Crippen LogP contribution is 2.19. The Morgan fingerprint density at radius 3 is 2.90 bits per heavy atom. The fraction of sp³-hybridized carbons (Fsp3) is 0.600. The van der Waals surface area contributed by atoms with E-state index >= 15 is 0 Å². The van der Waals surface area contributed by atoms with Crippen molar-refractivity contribution in [3.63, 3.8) is 0 Å². The molecule has 1 saturated heterocycles. The van der Waals surface area contributed by atoms with Crippen LogP contribution in [0.15, 0.2) is 24.3 Å². The van der Waals surface area contributed by atoms with Gasteiger partial charge in [0, 0.05) is 19.6 Å². The number of nitrogens with zero attached hydrogens (tertiary/aromatic N) is 1. The summed E-state index contributed by atoms with van der Waals surface area (Å²) < 4.78 is 36.0. The Balaban J connectivity index is 1.95. The average Bonchev–Trinajstić information content (AvgIpc) is 2.38. The molecule has 2 rings (SSSR count). The number of hydrogen-bond donors (Lipinski definition) is 0. The van der Waals surface area contributed by atoms with Crippen LogP contribution in [0.3, 0.4) is 0 Å². The molecule has 0 aromatic heterocycles. The van der Waals surface area contributed by atoms with E-state index in [0.717, 1.165) is 11.3 Å². The molecule has 0 amide bonds. The molecule has 0 radical (unpaired) electrons. The third-order valence-corrected chi connectivity index (χ3v) is 3.14. The molecular formula is C15H21F2NO2. The standard InChI is InChI=1S/C15H21F2NO2/c1-11(2)20-13-5-3-4-12(8-13)9-18-6-7-19-14(10-18)15(16)17/h3-5,8,11,14-15H,6-7,9-10H2,1-2H3. The van der Waals surface area contributed by atoms with Crippen molar-refractivity contribution in [2.75, 3.05) is 19.7 Å². The van der Waals surface area contributed by atoms with Crippen molar-refractivity contribution in [3.8, 4) is 5.75 Å². The zero-order valence-electron chi connectivity index (χ0n) is 11.9. The molecule has 1 aromatic carbocycles. The van der Waals surface area contributed by atoms with Gasteiger partial charge in [-0.1, -0.05) is 12.1 Å². The topological polar surface area (TPSA) is 21.7 Å². The second-order valence-corrected chi connectivity index (χ2v) is 5.29. The number of morpholine rings is 1. The zero-order chi connectivity index (χ0) is 14.5. The second kappa shape index (κ2) is 6.99. The van der Waals surface area contributed by atoms with E-state index in [9.17, 15) is 8.78 Å². The predicted molar refractivity (Wildman–Crippen MR) is 73.2 cm³/mol. The first kappa shape index (κ1) is 15.2. The van der Waals surface area contributed by atoms with Crippen molar-refractivity contribution in [1.82, 2.24) is 4.90 Å². The molecule has 20 heavy (non-hydrogen) atoms. The monoisotopic (exact) mass is 285 g/mol. The zero-order valence-corrected chi connectivity index (χ0v) is 11.9. The van der Waals surface area contributed by atoms with Gasteiger partial charge in [-0.2, -0.15) is 0 Å². The van der Waals surface area contributed by atoms with Crippen molar-refractivity contribution in [2.24, 2.45) is 0 Å². The molecule has 1 atom stereocenters. The summed E-state index contributed by atoms with van der Waals surface area (Å²) in [4.78, 5) is 1.99. The minimum atomic E-state index is -2.42. The summed E-state index contributed by atoms with van der Waals surface area (Å²) in [5, 5.41) is 0. The maximum atomic E-state index is 12.7. The molecular weight excluding hydrogens is 264 g/mol. The summed E-state index contributed by atoms with van der Waals surface area (Å²) in [5.74, 6) is 0.816. The van der Waals surface area contributed by atoms with Gasteiger partial charge in [-0.15, -0.1) is 0 Å². The summed E-state index contributed by atoms with van der Waals surface area (Å²) in [6.07, 6.45) is -3.27. The Morgan fingerprint density at radius 2 is 2.20 bits per heavy atom. The molecule has 1 aliphatic heterocycles. The van der Waals surface area contributed by atoms with Crippen LogP contribution in [0.5, 0.6) is 5.75 Å². The lowest BCUT2D eigenvalue weighted by atomic mass is 10.1. The fourth-order valence-electron chi connectivity index (χ4n) is 2.28. The third-order valence-electron chi connectivity index (χ3n) is 3.14. The lowest BCUT2D eigenvalue weighted by Crippen LogP contribution is -2.45. The van der Waals surface area contributed by atoms with Crippen LogP contribution in [0.4, 0.5) is 8.78 Å². The molecule has 1 aromatic rings. The van der Waals surface area contributed by atoms with Crippen LogP contribution in [-0.2, 0) is 11.3 Å². The highest BCUT2D eigenvalue weighted by molar-refractivity contribution is 5.28. The number of halogens is 2. The van der Waals surface area contributed by atoms with Crippen LogP contribution < -0.4 is 4.74 Å². The van der Waals surface area contributed by atoms with Gasteiger partial charge in [-0.3, -0.25) is 4.90 Å². The first-order valence-corrected chi connectivity index (χ1v) is 6.92. The second-order valence-electron chi connectivity index (χ2n) is 5.29. The van der Waals surface area contributed by atoms with Gasteiger partial charge >= 0.3 is 0 Å². The van der Waals surface area contributed by atoms with E-state index in [0.29, 0.717) is 19.7 Å². The first-order valence-electron chi connectivity index (χ1n) is 6.92. The van der Waals surface area contributed by atoms with Crippen LogP contribution in [0, 0.1) is 0 Å². The minimum Gasteiger partial charge on any atom is -0.491 e. The lowest BCUT2D eigenvalue weighted by molar-refractivity contribution is -0.104. The molecule has 1 unspecified atom stereocenters. The quantitative estimate of drug-likeness (QED) is 0.830. The molecule has 0 N–H and O–H groups in total. The summed E-state index contributed by atoms with van der Waals surface area (Å²) in [6.45, 7) is 5.90. The van der Waals surface area contributed by atoms with E-state index in [1.54, 1.807) is 0 Å². The number of benzene rings is 1. The summed E-state index contributed by atoms with van der Waals surface area (Å²) in [5.41, 5.74) is 1.07. The van der Waals surface area contributed by atoms with Gasteiger partial charge in [0.05, 0.1) is 12.7 Å². The minimum absolute atomic E-state index is 0.122. The molecule has 0 spiro atoms. The molecule has 3 nitrogen and oxygen atoms in total. The molecule has 1 heterocycles. The highest BCUT2D eigenvalue weighted by atomic mass is 19.3. The molecule has 112 valence electrons. The van der Waals surface area contributed by atoms with Gasteiger partial charge in [-0.05, 0) is 31.5 Å². The van der Waals surface area contributed by atoms with E-state index in [-0.39, 0.29) is 12.6 Å². The number of hydrogen-bond acceptors (Lipinski definition) is 3. The van der Waals surface area contributed by atoms with Crippen molar-refractivity contribution < 1.29 is 18.3 Å². The van der Waals surface area contributed by atoms with E-state index in [1.165, 1.54) is 0 Å². The third kappa shape index (κ3) is 4.42. The van der Waals surface area contributed by atoms with Gasteiger partial charge < -0.3 is 9.47 Å².